The molecule has 290 valence electrons. The molecule has 2 atom stereocenters. The fraction of sp³-hybridized carbons (Fsp3) is 0.300. The van der Waals surface area contributed by atoms with Gasteiger partial charge in [0.2, 0.25) is 17.7 Å². The van der Waals surface area contributed by atoms with Gasteiger partial charge in [-0.2, -0.15) is 13.2 Å². The molecular formula is C40H47F3N4O7. The second-order valence-corrected chi connectivity index (χ2v) is 12.2. The number of rotatable bonds is 13. The quantitative estimate of drug-likeness (QED) is 0.121. The van der Waals surface area contributed by atoms with Crippen LogP contribution in [0.3, 0.4) is 0 Å². The third-order valence-corrected chi connectivity index (χ3v) is 6.21. The number of aliphatic carboxylic acids is 1. The molecule has 2 heterocycles. The van der Waals surface area contributed by atoms with Crippen LogP contribution in [0.2, 0.25) is 0 Å². The van der Waals surface area contributed by atoms with Crippen molar-refractivity contribution in [3.05, 3.63) is 108 Å². The number of nitrogens with zero attached hydrogens (tertiary/aromatic N) is 2. The van der Waals surface area contributed by atoms with E-state index >= 15 is 0 Å². The fourth-order valence-corrected chi connectivity index (χ4v) is 3.93. The van der Waals surface area contributed by atoms with Crippen molar-refractivity contribution < 1.29 is 46.8 Å². The molecule has 1 amide bonds. The van der Waals surface area contributed by atoms with Crippen LogP contribution >= 0.6 is 0 Å². The third kappa shape index (κ3) is 19.1. The molecule has 2 unspecified atom stereocenters. The van der Waals surface area contributed by atoms with Gasteiger partial charge < -0.3 is 35.1 Å². The summed E-state index contributed by atoms with van der Waals surface area (Å²) in [7, 11) is 0. The summed E-state index contributed by atoms with van der Waals surface area (Å²) < 4.78 is 54.3. The molecule has 0 saturated carbocycles. The van der Waals surface area contributed by atoms with Gasteiger partial charge in [0.05, 0.1) is 24.6 Å². The fourth-order valence-electron chi connectivity index (χ4n) is 3.93. The van der Waals surface area contributed by atoms with E-state index in [2.05, 4.69) is 15.3 Å². The van der Waals surface area contributed by atoms with Gasteiger partial charge in [0.15, 0.2) is 0 Å². The summed E-state index contributed by atoms with van der Waals surface area (Å²) in [6.07, 6.45) is 6.26. The minimum atomic E-state index is -5.08. The lowest BCUT2D eigenvalue weighted by Gasteiger charge is -2.10. The first-order valence-electron chi connectivity index (χ1n) is 16.9. The van der Waals surface area contributed by atoms with Crippen LogP contribution in [-0.4, -0.2) is 57.4 Å². The average Bonchev–Trinajstić information content (AvgIpc) is 3.09. The summed E-state index contributed by atoms with van der Waals surface area (Å²) in [5.41, 5.74) is 7.80. The SMILES string of the molecule is CC(=O)NC(C)/C=C/c1ccc(Oc2ccc(OC(C)C)nc2)cc1.CC(N)/C=C/c1ccc(Oc2ccc(OC(C)C)nc2)cc1.O=C(O)C(F)(F)F. The van der Waals surface area contributed by atoms with Gasteiger partial charge in [0.1, 0.15) is 23.0 Å². The van der Waals surface area contributed by atoms with Crippen molar-refractivity contribution in [1.29, 1.82) is 0 Å². The summed E-state index contributed by atoms with van der Waals surface area (Å²) in [6, 6.07) is 22.8. The molecule has 14 heteroatoms. The number of nitrogens with two attached hydrogens (primary N) is 1. The predicted octanol–water partition coefficient (Wildman–Crippen LogP) is 8.85. The summed E-state index contributed by atoms with van der Waals surface area (Å²) in [4.78, 5) is 28.3. The first-order chi connectivity index (χ1) is 25.4. The lowest BCUT2D eigenvalue weighted by Crippen LogP contribution is -2.28. The van der Waals surface area contributed by atoms with E-state index in [-0.39, 0.29) is 30.2 Å². The summed E-state index contributed by atoms with van der Waals surface area (Å²) in [5, 5.41) is 9.93. The number of carboxylic acid groups (broad SMARTS) is 1. The first kappa shape index (κ1) is 44.3. The number of amides is 1. The zero-order valence-electron chi connectivity index (χ0n) is 31.2. The van der Waals surface area contributed by atoms with Crippen LogP contribution in [0.25, 0.3) is 12.2 Å². The number of nitrogens with one attached hydrogen (secondary N) is 1. The van der Waals surface area contributed by atoms with Crippen LogP contribution in [0.4, 0.5) is 13.2 Å². The van der Waals surface area contributed by atoms with Crippen molar-refractivity contribution >= 4 is 24.0 Å². The van der Waals surface area contributed by atoms with Gasteiger partial charge in [-0.3, -0.25) is 4.79 Å². The normalized spacial score (nSPS) is 12.2. The highest BCUT2D eigenvalue weighted by Gasteiger charge is 2.38. The maximum atomic E-state index is 11.0. The number of hydrogen-bond acceptors (Lipinski definition) is 9. The van der Waals surface area contributed by atoms with Gasteiger partial charge in [-0.25, -0.2) is 14.8 Å². The van der Waals surface area contributed by atoms with E-state index in [0.717, 1.165) is 22.6 Å². The molecule has 4 aromatic rings. The Hall–Kier alpha value is -5.89. The molecule has 2 aromatic carbocycles. The number of alkyl halides is 3. The predicted molar refractivity (Wildman–Crippen MR) is 202 cm³/mol. The number of halogens is 3. The van der Waals surface area contributed by atoms with Crippen molar-refractivity contribution in [3.8, 4) is 34.8 Å². The second kappa shape index (κ2) is 22.2. The minimum absolute atomic E-state index is 0.00827. The Kier molecular flexibility index (Phi) is 18.2. The molecule has 0 aliphatic heterocycles. The maximum Gasteiger partial charge on any atom is 0.490 e. The van der Waals surface area contributed by atoms with E-state index < -0.39 is 12.1 Å². The van der Waals surface area contributed by atoms with E-state index in [1.165, 1.54) is 6.92 Å². The van der Waals surface area contributed by atoms with Gasteiger partial charge >= 0.3 is 12.1 Å². The molecule has 0 radical (unpaired) electrons. The van der Waals surface area contributed by atoms with Crippen LogP contribution < -0.4 is 30.0 Å². The Bertz CT molecular complexity index is 1760. The van der Waals surface area contributed by atoms with Crippen molar-refractivity contribution in [2.24, 2.45) is 5.73 Å². The van der Waals surface area contributed by atoms with Gasteiger partial charge in [0.25, 0.3) is 0 Å². The van der Waals surface area contributed by atoms with Crippen LogP contribution in [0, 0.1) is 0 Å². The maximum absolute atomic E-state index is 11.0. The van der Waals surface area contributed by atoms with Crippen LogP contribution in [-0.2, 0) is 9.59 Å². The molecule has 0 fully saturated rings. The zero-order chi connectivity index (χ0) is 40.3. The topological polar surface area (TPSA) is 155 Å². The Labute approximate surface area is 313 Å². The smallest absolute Gasteiger partial charge is 0.475 e. The number of hydrogen-bond donors (Lipinski definition) is 3. The highest BCUT2D eigenvalue weighted by molar-refractivity contribution is 5.73. The average molecular weight is 753 g/mol. The van der Waals surface area contributed by atoms with Gasteiger partial charge in [0, 0.05) is 31.1 Å². The number of carbonyl (C=O) groups excluding carboxylic acids is 1. The molecule has 4 N–H and O–H groups in total. The van der Waals surface area contributed by atoms with Crippen molar-refractivity contribution in [3.63, 3.8) is 0 Å². The van der Waals surface area contributed by atoms with Gasteiger partial charge in [-0.15, -0.1) is 0 Å². The van der Waals surface area contributed by atoms with Crippen LogP contribution in [0.5, 0.6) is 34.8 Å². The minimum Gasteiger partial charge on any atom is -0.475 e. The van der Waals surface area contributed by atoms with Crippen molar-refractivity contribution in [1.82, 2.24) is 15.3 Å². The molecule has 2 aromatic heterocycles. The monoisotopic (exact) mass is 752 g/mol. The van der Waals surface area contributed by atoms with E-state index in [9.17, 15) is 18.0 Å². The number of carbonyl (C=O) groups is 2. The zero-order valence-corrected chi connectivity index (χ0v) is 31.2. The first-order valence-corrected chi connectivity index (χ1v) is 16.9. The van der Waals surface area contributed by atoms with E-state index in [0.29, 0.717) is 23.3 Å². The molecule has 0 bridgehead atoms. The van der Waals surface area contributed by atoms with E-state index in [1.807, 2.05) is 127 Å². The number of pyridine rings is 2. The van der Waals surface area contributed by atoms with Crippen LogP contribution in [0.15, 0.2) is 97.3 Å². The molecule has 0 saturated heterocycles. The largest absolute Gasteiger partial charge is 0.490 e. The Balaban J connectivity index is 0.000000320. The van der Waals surface area contributed by atoms with Crippen LogP contribution in [0.1, 0.15) is 59.6 Å². The number of carboxylic acids is 1. The Morgan fingerprint density at radius 1 is 0.685 bits per heavy atom. The molecule has 0 aliphatic rings. The van der Waals surface area contributed by atoms with Crippen molar-refractivity contribution in [2.75, 3.05) is 0 Å². The molecule has 4 rings (SSSR count). The lowest BCUT2D eigenvalue weighted by molar-refractivity contribution is -0.192. The highest BCUT2D eigenvalue weighted by Crippen LogP contribution is 2.24. The summed E-state index contributed by atoms with van der Waals surface area (Å²) in [5.74, 6) is 1.19. The summed E-state index contributed by atoms with van der Waals surface area (Å²) >= 11 is 0. The Morgan fingerprint density at radius 3 is 1.35 bits per heavy atom. The Morgan fingerprint density at radius 2 is 1.06 bits per heavy atom. The summed E-state index contributed by atoms with van der Waals surface area (Å²) in [6.45, 7) is 13.2. The van der Waals surface area contributed by atoms with Gasteiger partial charge in [-0.05, 0) is 89.1 Å². The number of ether oxygens (including phenoxy) is 4. The van der Waals surface area contributed by atoms with Crippen molar-refractivity contribution in [2.45, 2.75) is 78.9 Å². The van der Waals surface area contributed by atoms with E-state index in [1.54, 1.807) is 24.5 Å². The standard InChI is InChI=1S/C20H24N2O3.C18H22N2O2.C2HF3O2/c1-14(2)24-20-12-11-19(13-21-20)25-18-9-7-17(8-10-18)6-5-15(3)22-16(4)23;1-13(2)21-18-11-10-17(12-20-18)22-16-8-6-15(7-9-16)5-4-14(3)19;3-2(4,5)1(6)7/h5-15H,1-4H3,(H,22,23);4-14H,19H2,1-3H3;(H,6,7)/b6-5+;5-4+;. The molecule has 0 aliphatic carbocycles. The second-order valence-electron chi connectivity index (χ2n) is 12.2. The molecular weight excluding hydrogens is 705 g/mol. The molecule has 54 heavy (non-hydrogen) atoms. The third-order valence-electron chi connectivity index (χ3n) is 6.21. The van der Waals surface area contributed by atoms with E-state index in [4.69, 9.17) is 34.6 Å². The highest BCUT2D eigenvalue weighted by atomic mass is 19.4. The number of aromatic nitrogens is 2. The molecule has 11 nitrogen and oxygen atoms in total. The van der Waals surface area contributed by atoms with Gasteiger partial charge in [-0.1, -0.05) is 48.6 Å². The lowest BCUT2D eigenvalue weighted by atomic mass is 10.1. The number of benzene rings is 2. The molecule has 0 spiro atoms.